The molecule has 0 aliphatic heterocycles. The van der Waals surface area contributed by atoms with Gasteiger partial charge in [0, 0.05) is 12.5 Å². The normalized spacial score (nSPS) is 11.5. The average Bonchev–Trinajstić information content (AvgIpc) is 2.67. The fourth-order valence-electron chi connectivity index (χ4n) is 1.54. The minimum Gasteiger partial charge on any atom is -0.382 e. The number of sulfone groups is 1. The van der Waals surface area contributed by atoms with Gasteiger partial charge in [0.2, 0.25) is 0 Å². The molecule has 0 aliphatic rings. The molecule has 0 aromatic carbocycles. The summed E-state index contributed by atoms with van der Waals surface area (Å²) in [6.07, 6.45) is 2.75. The van der Waals surface area contributed by atoms with E-state index in [4.69, 9.17) is 5.73 Å². The standard InChI is InChI=1S/C10H13N5O2S2/c1-6-12-4-3-7(14-6)5-13-10-8(19(2,16)17)9(11)15-18-10/h3-4,13H,5H2,1-2H3,(H2,11,15). The first kappa shape index (κ1) is 13.7. The summed E-state index contributed by atoms with van der Waals surface area (Å²) in [5.41, 5.74) is 6.34. The molecule has 19 heavy (non-hydrogen) atoms. The zero-order valence-corrected chi connectivity index (χ0v) is 12.0. The van der Waals surface area contributed by atoms with E-state index in [1.807, 2.05) is 0 Å². The number of hydrogen-bond acceptors (Lipinski definition) is 8. The Balaban J connectivity index is 2.21. The van der Waals surface area contributed by atoms with Gasteiger partial charge in [0.05, 0.1) is 12.2 Å². The molecule has 7 nitrogen and oxygen atoms in total. The Morgan fingerprint density at radius 1 is 1.47 bits per heavy atom. The zero-order valence-electron chi connectivity index (χ0n) is 10.4. The molecule has 2 rings (SSSR count). The Morgan fingerprint density at radius 2 is 2.21 bits per heavy atom. The van der Waals surface area contributed by atoms with Crippen LogP contribution in [0.25, 0.3) is 0 Å². The molecule has 0 spiro atoms. The summed E-state index contributed by atoms with van der Waals surface area (Å²) < 4.78 is 27.1. The molecule has 0 saturated heterocycles. The van der Waals surface area contributed by atoms with Gasteiger partial charge in [-0.05, 0) is 24.5 Å². The van der Waals surface area contributed by atoms with Crippen LogP contribution in [0.3, 0.4) is 0 Å². The van der Waals surface area contributed by atoms with Gasteiger partial charge in [0.25, 0.3) is 0 Å². The van der Waals surface area contributed by atoms with Crippen molar-refractivity contribution in [1.29, 1.82) is 0 Å². The van der Waals surface area contributed by atoms with Crippen molar-refractivity contribution in [3.05, 3.63) is 23.8 Å². The monoisotopic (exact) mass is 299 g/mol. The van der Waals surface area contributed by atoms with E-state index >= 15 is 0 Å². The second kappa shape index (κ2) is 5.10. The highest BCUT2D eigenvalue weighted by molar-refractivity contribution is 7.91. The molecule has 2 aromatic heterocycles. The first-order valence-corrected chi connectivity index (χ1v) is 8.02. The lowest BCUT2D eigenvalue weighted by Crippen LogP contribution is -2.07. The third-order valence-corrected chi connectivity index (χ3v) is 4.41. The number of anilines is 2. The third kappa shape index (κ3) is 3.18. The molecule has 0 aliphatic carbocycles. The maximum absolute atomic E-state index is 11.6. The minimum atomic E-state index is -3.41. The highest BCUT2D eigenvalue weighted by atomic mass is 32.2. The number of nitrogen functional groups attached to an aromatic ring is 1. The van der Waals surface area contributed by atoms with Crippen molar-refractivity contribution < 1.29 is 8.42 Å². The molecular weight excluding hydrogens is 286 g/mol. The Labute approximate surface area is 115 Å². The lowest BCUT2D eigenvalue weighted by molar-refractivity contribution is 0.602. The molecule has 0 radical (unpaired) electrons. The van der Waals surface area contributed by atoms with E-state index in [1.165, 1.54) is 0 Å². The molecule has 0 bridgehead atoms. The van der Waals surface area contributed by atoms with Crippen molar-refractivity contribution in [2.45, 2.75) is 18.4 Å². The van der Waals surface area contributed by atoms with Gasteiger partial charge in [0.1, 0.15) is 15.7 Å². The van der Waals surface area contributed by atoms with Gasteiger partial charge in [-0.2, -0.15) is 4.37 Å². The Bertz CT molecular complexity index is 696. The van der Waals surface area contributed by atoms with Crippen molar-refractivity contribution in [2.24, 2.45) is 0 Å². The van der Waals surface area contributed by atoms with Crippen molar-refractivity contribution in [2.75, 3.05) is 17.3 Å². The Hall–Kier alpha value is -1.74. The van der Waals surface area contributed by atoms with Crippen LogP contribution in [0, 0.1) is 6.92 Å². The van der Waals surface area contributed by atoms with Crippen LogP contribution in [0.5, 0.6) is 0 Å². The number of rotatable bonds is 4. The fourth-order valence-corrected chi connectivity index (χ4v) is 3.60. The number of aromatic nitrogens is 3. The molecule has 102 valence electrons. The van der Waals surface area contributed by atoms with E-state index in [9.17, 15) is 8.42 Å². The average molecular weight is 299 g/mol. The molecule has 2 aromatic rings. The maximum Gasteiger partial charge on any atom is 0.182 e. The van der Waals surface area contributed by atoms with E-state index in [1.54, 1.807) is 19.2 Å². The van der Waals surface area contributed by atoms with Gasteiger partial charge in [-0.3, -0.25) is 0 Å². The lowest BCUT2D eigenvalue weighted by atomic mass is 10.4. The zero-order chi connectivity index (χ0) is 14.0. The lowest BCUT2D eigenvalue weighted by Gasteiger charge is -2.05. The Morgan fingerprint density at radius 3 is 2.84 bits per heavy atom. The van der Waals surface area contributed by atoms with Crippen LogP contribution in [0.2, 0.25) is 0 Å². The fraction of sp³-hybridized carbons (Fsp3) is 0.300. The summed E-state index contributed by atoms with van der Waals surface area (Å²) in [6, 6.07) is 1.75. The second-order valence-electron chi connectivity index (χ2n) is 3.95. The van der Waals surface area contributed by atoms with Gasteiger partial charge < -0.3 is 11.1 Å². The third-order valence-electron chi connectivity index (χ3n) is 2.31. The topological polar surface area (TPSA) is 111 Å². The summed E-state index contributed by atoms with van der Waals surface area (Å²) in [6.45, 7) is 2.17. The van der Waals surface area contributed by atoms with Crippen LogP contribution in [-0.4, -0.2) is 29.0 Å². The van der Waals surface area contributed by atoms with Gasteiger partial charge in [-0.1, -0.05) is 0 Å². The second-order valence-corrected chi connectivity index (χ2v) is 6.67. The van der Waals surface area contributed by atoms with Crippen molar-refractivity contribution in [3.63, 3.8) is 0 Å². The van der Waals surface area contributed by atoms with E-state index in [0.29, 0.717) is 17.4 Å². The quantitative estimate of drug-likeness (QED) is 0.860. The summed E-state index contributed by atoms with van der Waals surface area (Å²) in [5.74, 6) is 0.681. The number of hydrogen-bond donors (Lipinski definition) is 2. The number of nitrogens with one attached hydrogen (secondary N) is 1. The smallest absolute Gasteiger partial charge is 0.182 e. The van der Waals surface area contributed by atoms with E-state index in [-0.39, 0.29) is 10.7 Å². The SMILES string of the molecule is Cc1nccc(CNc2snc(N)c2S(C)(=O)=O)n1. The molecule has 0 saturated carbocycles. The van der Waals surface area contributed by atoms with Crippen molar-refractivity contribution in [1.82, 2.24) is 14.3 Å². The summed E-state index contributed by atoms with van der Waals surface area (Å²) >= 11 is 1.02. The number of nitrogens with zero attached hydrogens (tertiary/aromatic N) is 3. The van der Waals surface area contributed by atoms with Crippen LogP contribution in [0.4, 0.5) is 10.8 Å². The van der Waals surface area contributed by atoms with Crippen LogP contribution in [0.15, 0.2) is 17.2 Å². The number of aryl methyl sites for hydroxylation is 1. The van der Waals surface area contributed by atoms with E-state index < -0.39 is 9.84 Å². The minimum absolute atomic E-state index is 0.0221. The predicted molar refractivity (Wildman–Crippen MR) is 73.7 cm³/mol. The van der Waals surface area contributed by atoms with Crippen LogP contribution in [0.1, 0.15) is 11.5 Å². The largest absolute Gasteiger partial charge is 0.382 e. The molecular formula is C10H13N5O2S2. The van der Waals surface area contributed by atoms with E-state index in [2.05, 4.69) is 19.7 Å². The van der Waals surface area contributed by atoms with E-state index in [0.717, 1.165) is 23.5 Å². The molecule has 0 amide bonds. The van der Waals surface area contributed by atoms with Gasteiger partial charge in [-0.25, -0.2) is 18.4 Å². The van der Waals surface area contributed by atoms with Crippen LogP contribution in [-0.2, 0) is 16.4 Å². The molecule has 0 fully saturated rings. The predicted octanol–water partition coefficient (Wildman–Crippen LogP) is 0.839. The van der Waals surface area contributed by atoms with Gasteiger partial charge in [-0.15, -0.1) is 0 Å². The number of nitrogens with two attached hydrogens (primary N) is 1. The van der Waals surface area contributed by atoms with Crippen molar-refractivity contribution in [3.8, 4) is 0 Å². The molecule has 9 heteroatoms. The van der Waals surface area contributed by atoms with Crippen LogP contribution < -0.4 is 11.1 Å². The highest BCUT2D eigenvalue weighted by Crippen LogP contribution is 2.31. The first-order chi connectivity index (χ1) is 8.88. The molecule has 0 atom stereocenters. The molecule has 3 N–H and O–H groups in total. The van der Waals surface area contributed by atoms with Gasteiger partial charge in [0.15, 0.2) is 15.7 Å². The van der Waals surface area contributed by atoms with Gasteiger partial charge >= 0.3 is 0 Å². The summed E-state index contributed by atoms with van der Waals surface area (Å²) in [4.78, 5) is 8.25. The summed E-state index contributed by atoms with van der Waals surface area (Å²) in [5, 5.41) is 3.42. The Kier molecular flexibility index (Phi) is 3.67. The summed E-state index contributed by atoms with van der Waals surface area (Å²) in [7, 11) is -3.41. The highest BCUT2D eigenvalue weighted by Gasteiger charge is 2.21. The first-order valence-electron chi connectivity index (χ1n) is 5.35. The molecule has 2 heterocycles. The maximum atomic E-state index is 11.6. The van der Waals surface area contributed by atoms with Crippen LogP contribution >= 0.6 is 11.5 Å². The van der Waals surface area contributed by atoms with Crippen molar-refractivity contribution >= 4 is 32.2 Å². The molecule has 0 unspecified atom stereocenters.